The third kappa shape index (κ3) is 6.54. The zero-order chi connectivity index (χ0) is 27.0. The fourth-order valence-corrected chi connectivity index (χ4v) is 5.55. The van der Waals surface area contributed by atoms with Crippen LogP contribution in [0.1, 0.15) is 6.23 Å². The molecule has 3 rings (SSSR count). The van der Waals surface area contributed by atoms with Crippen LogP contribution >= 0.6 is 15.6 Å². The van der Waals surface area contributed by atoms with Crippen LogP contribution in [0.2, 0.25) is 0 Å². The number of ether oxygens (including phenoxy) is 2. The van der Waals surface area contributed by atoms with E-state index >= 15 is 0 Å². The number of nitrogens with two attached hydrogens (primary N) is 1. The molecule has 2 saturated heterocycles. The fourth-order valence-electron chi connectivity index (χ4n) is 3.39. The largest absolute Gasteiger partial charge is 0.483 e. The van der Waals surface area contributed by atoms with Crippen LogP contribution in [0.3, 0.4) is 0 Å². The monoisotopic (exact) mass is 565 g/mol. The number of phosphoric acid groups is 2. The third-order valence-corrected chi connectivity index (χ3v) is 7.81. The maximum Gasteiger partial charge on any atom is 0.483 e. The molecule has 0 aliphatic carbocycles. The molecule has 3 heterocycles. The Morgan fingerprint density at radius 1 is 0.944 bits per heavy atom. The third-order valence-electron chi connectivity index (χ3n) is 5.21. The normalized spacial score (nSPS) is 38.4. The van der Waals surface area contributed by atoms with Crippen LogP contribution in [0.15, 0.2) is 21.9 Å². The van der Waals surface area contributed by atoms with Crippen molar-refractivity contribution < 1.29 is 67.3 Å². The quantitative estimate of drug-likeness (QED) is 0.127. The summed E-state index contributed by atoms with van der Waals surface area (Å²) in [5.41, 5.74) is 3.59. The summed E-state index contributed by atoms with van der Waals surface area (Å²) < 4.78 is 48.4. The van der Waals surface area contributed by atoms with Gasteiger partial charge in [-0.1, -0.05) is 0 Å². The van der Waals surface area contributed by atoms with Crippen LogP contribution in [-0.2, 0) is 32.0 Å². The molecule has 1 aromatic heterocycles. The molecule has 6 unspecified atom stereocenters. The Hall–Kier alpha value is -1.38. The summed E-state index contributed by atoms with van der Waals surface area (Å²) in [6.07, 6.45) is -14.8. The van der Waals surface area contributed by atoms with Crippen molar-refractivity contribution in [1.29, 1.82) is 0 Å². The highest BCUT2D eigenvalue weighted by Crippen LogP contribution is 2.61. The molecule has 0 amide bonds. The maximum absolute atomic E-state index is 12.2. The van der Waals surface area contributed by atoms with E-state index < -0.39 is 95.3 Å². The van der Waals surface area contributed by atoms with Crippen LogP contribution < -0.4 is 17.0 Å². The molecule has 0 bridgehead atoms. The van der Waals surface area contributed by atoms with E-state index in [1.54, 1.807) is 0 Å². The summed E-state index contributed by atoms with van der Waals surface area (Å²) in [6, 6.07) is 0.935. The Kier molecular flexibility index (Phi) is 9.05. The highest BCUT2D eigenvalue weighted by molar-refractivity contribution is 7.61. The van der Waals surface area contributed by atoms with E-state index in [-0.39, 0.29) is 0 Å². The first kappa shape index (κ1) is 29.2. The number of aromatic nitrogens is 2. The lowest BCUT2D eigenvalue weighted by atomic mass is 9.99. The molecule has 11 atom stereocenters. The molecule has 2 aliphatic rings. The van der Waals surface area contributed by atoms with Gasteiger partial charge in [-0.25, -0.2) is 13.9 Å². The van der Waals surface area contributed by atoms with E-state index in [0.717, 1.165) is 16.8 Å². The number of nitrogens with zero attached hydrogens (tertiary/aromatic N) is 1. The van der Waals surface area contributed by atoms with E-state index in [0.29, 0.717) is 0 Å². The van der Waals surface area contributed by atoms with Crippen LogP contribution in [0.25, 0.3) is 0 Å². The lowest BCUT2D eigenvalue weighted by molar-refractivity contribution is -0.273. The molecule has 1 aromatic rings. The van der Waals surface area contributed by atoms with Gasteiger partial charge in [0, 0.05) is 18.8 Å². The number of rotatable bonds is 9. The predicted molar refractivity (Wildman–Crippen MR) is 111 cm³/mol. The number of nitrogens with one attached hydrogen (secondary N) is 1. The zero-order valence-electron chi connectivity index (χ0n) is 18.0. The van der Waals surface area contributed by atoms with Gasteiger partial charge in [-0.2, -0.15) is 4.31 Å². The van der Waals surface area contributed by atoms with Crippen molar-refractivity contribution in [3.05, 3.63) is 33.1 Å². The van der Waals surface area contributed by atoms with Crippen LogP contribution in [-0.4, -0.2) is 107 Å². The molecule has 0 radical (unpaired) electrons. The van der Waals surface area contributed by atoms with Crippen molar-refractivity contribution in [1.82, 2.24) is 9.55 Å². The summed E-state index contributed by atoms with van der Waals surface area (Å²) in [4.78, 5) is 44.6. The molecule has 0 spiro atoms. The van der Waals surface area contributed by atoms with E-state index in [2.05, 4.69) is 13.4 Å². The number of aliphatic hydroxyl groups is 5. The molecule has 0 aromatic carbocycles. The number of aromatic amines is 1. The summed E-state index contributed by atoms with van der Waals surface area (Å²) >= 11 is 0. The average molecular weight is 565 g/mol. The first-order valence-corrected chi connectivity index (χ1v) is 13.1. The fraction of sp³-hybridized carbons (Fsp3) is 0.733. The second-order valence-corrected chi connectivity index (χ2v) is 10.7. The smallest absolute Gasteiger partial charge is 0.388 e. The van der Waals surface area contributed by atoms with Gasteiger partial charge in [0.1, 0.15) is 42.7 Å². The topological polar surface area (TPSA) is 303 Å². The van der Waals surface area contributed by atoms with E-state index in [1.807, 2.05) is 4.98 Å². The molecule has 206 valence electrons. The highest BCUT2D eigenvalue weighted by atomic mass is 31.3. The highest BCUT2D eigenvalue weighted by Gasteiger charge is 2.49. The summed E-state index contributed by atoms with van der Waals surface area (Å²) in [5.74, 6) is 0. The predicted octanol–water partition coefficient (Wildman–Crippen LogP) is -4.83. The van der Waals surface area contributed by atoms with Crippen molar-refractivity contribution in [2.24, 2.45) is 5.73 Å². The van der Waals surface area contributed by atoms with Crippen LogP contribution in [0.4, 0.5) is 0 Å². The van der Waals surface area contributed by atoms with Gasteiger partial charge >= 0.3 is 21.3 Å². The zero-order valence-corrected chi connectivity index (χ0v) is 19.8. The lowest BCUT2D eigenvalue weighted by Crippen LogP contribution is -2.59. The van der Waals surface area contributed by atoms with Crippen molar-refractivity contribution >= 4 is 15.6 Å². The van der Waals surface area contributed by atoms with Gasteiger partial charge in [0.15, 0.2) is 12.5 Å². The van der Waals surface area contributed by atoms with Gasteiger partial charge in [-0.3, -0.25) is 23.4 Å². The summed E-state index contributed by atoms with van der Waals surface area (Å²) in [7, 11) is -11.0. The average Bonchev–Trinajstić information content (AvgIpc) is 3.06. The minimum Gasteiger partial charge on any atom is -0.388 e. The Morgan fingerprint density at radius 3 is 2.19 bits per heavy atom. The van der Waals surface area contributed by atoms with Gasteiger partial charge in [0.25, 0.3) is 5.56 Å². The van der Waals surface area contributed by atoms with Crippen molar-refractivity contribution in [2.45, 2.75) is 55.2 Å². The molecule has 10 N–H and O–H groups in total. The molecule has 21 heteroatoms. The van der Waals surface area contributed by atoms with Gasteiger partial charge < -0.3 is 50.5 Å². The van der Waals surface area contributed by atoms with Crippen LogP contribution in [0, 0.1) is 0 Å². The summed E-state index contributed by atoms with van der Waals surface area (Å²) in [6.45, 7) is -1.41. The number of aliphatic hydroxyl groups excluding tert-OH is 5. The number of hydrogen-bond donors (Lipinski definition) is 9. The SMILES string of the molecule is NCC1O[C@@H](OP(=O)(O)OP(=O)(O)OCC2OC(n3ccc(=O)[nH]c3=O)[C@H](O)[C@@H]2O)C(O)[C@@H](O)[C@H]1O. The molecule has 0 saturated carbocycles. The second kappa shape index (κ2) is 11.2. The van der Waals surface area contributed by atoms with Gasteiger partial charge in [-0.15, -0.1) is 0 Å². The Balaban J connectivity index is 1.61. The Morgan fingerprint density at radius 2 is 1.58 bits per heavy atom. The molecule has 2 aliphatic heterocycles. The molecule has 19 nitrogen and oxygen atoms in total. The minimum atomic E-state index is -5.55. The molecular weight excluding hydrogens is 540 g/mol. The second-order valence-electron chi connectivity index (χ2n) is 7.73. The molecule has 36 heavy (non-hydrogen) atoms. The lowest BCUT2D eigenvalue weighted by Gasteiger charge is -2.39. The minimum absolute atomic E-state index is 0.398. The van der Waals surface area contributed by atoms with Gasteiger partial charge in [0.05, 0.1) is 6.61 Å². The first-order valence-electron chi connectivity index (χ1n) is 10.1. The molecular formula is C15H25N3O16P2. The van der Waals surface area contributed by atoms with Crippen molar-refractivity contribution in [3.8, 4) is 0 Å². The van der Waals surface area contributed by atoms with Crippen molar-refractivity contribution in [2.75, 3.05) is 13.2 Å². The van der Waals surface area contributed by atoms with Crippen molar-refractivity contribution in [3.63, 3.8) is 0 Å². The van der Waals surface area contributed by atoms with Crippen LogP contribution in [0.5, 0.6) is 0 Å². The van der Waals surface area contributed by atoms with Gasteiger partial charge in [0.2, 0.25) is 0 Å². The first-order chi connectivity index (χ1) is 16.7. The molecule has 2 fully saturated rings. The number of H-pyrrole nitrogens is 1. The maximum atomic E-state index is 12.2. The Bertz CT molecular complexity index is 1130. The summed E-state index contributed by atoms with van der Waals surface area (Å²) in [5, 5.41) is 49.6. The van der Waals surface area contributed by atoms with E-state index in [4.69, 9.17) is 15.2 Å². The number of phosphoric ester groups is 2. The van der Waals surface area contributed by atoms with Gasteiger partial charge in [-0.05, 0) is 0 Å². The number of hydrogen-bond acceptors (Lipinski definition) is 15. The van der Waals surface area contributed by atoms with E-state index in [1.165, 1.54) is 0 Å². The van der Waals surface area contributed by atoms with E-state index in [9.17, 15) is 54.0 Å². The standard InChI is InChI=1S/C15H25N3O16P2/c16-3-5-8(20)10(22)12(24)14(32-5)33-36(28,29)34-35(26,27)30-4-6-9(21)11(23)13(31-6)18-2-1-7(19)17-15(18)25/h1-2,5-6,8-14,20-24H,3-4,16H2,(H,26,27)(H,28,29)(H,17,19,25)/t5?,6?,8-,9+,10-,11+,12?,13?,14-/m0/s1. The Labute approximate surface area is 200 Å².